The van der Waals surface area contributed by atoms with Gasteiger partial charge in [-0.2, -0.15) is 0 Å². The Morgan fingerprint density at radius 2 is 2.17 bits per heavy atom. The Bertz CT molecular complexity index is 521. The minimum absolute atomic E-state index is 0.663. The second kappa shape index (κ2) is 5.64. The van der Waals surface area contributed by atoms with Crippen LogP contribution in [0.3, 0.4) is 0 Å². The van der Waals surface area contributed by atoms with E-state index in [4.69, 9.17) is 4.74 Å². The lowest BCUT2D eigenvalue weighted by Crippen LogP contribution is -2.07. The predicted molar refractivity (Wildman–Crippen MR) is 71.1 cm³/mol. The molecule has 0 aromatic carbocycles. The largest absolute Gasteiger partial charge is 0.383 e. The van der Waals surface area contributed by atoms with Crippen molar-refractivity contribution in [3.05, 3.63) is 35.9 Å². The average Bonchev–Trinajstić information content (AvgIpc) is 2.67. The summed E-state index contributed by atoms with van der Waals surface area (Å²) in [6, 6.07) is 2.04. The summed E-state index contributed by atoms with van der Waals surface area (Å²) in [5.74, 6) is 0.817. The summed E-state index contributed by atoms with van der Waals surface area (Å²) in [5.41, 5.74) is 3.04. The van der Waals surface area contributed by atoms with Crippen LogP contribution in [-0.4, -0.2) is 28.3 Å². The van der Waals surface area contributed by atoms with Crippen LogP contribution in [0.15, 0.2) is 24.7 Å². The first kappa shape index (κ1) is 12.6. The molecular formula is C13H18N4O. The van der Waals surface area contributed by atoms with Crippen molar-refractivity contribution in [2.24, 2.45) is 0 Å². The van der Waals surface area contributed by atoms with E-state index in [1.807, 2.05) is 36.9 Å². The van der Waals surface area contributed by atoms with Gasteiger partial charge in [0.05, 0.1) is 24.2 Å². The molecular weight excluding hydrogens is 228 g/mol. The fraction of sp³-hybridized carbons (Fsp3) is 0.385. The minimum Gasteiger partial charge on any atom is -0.383 e. The highest BCUT2D eigenvalue weighted by Crippen LogP contribution is 2.16. The number of rotatable bonds is 5. The third kappa shape index (κ3) is 3.07. The van der Waals surface area contributed by atoms with E-state index in [9.17, 15) is 0 Å². The van der Waals surface area contributed by atoms with Crippen molar-refractivity contribution in [1.82, 2.24) is 14.5 Å². The number of aryl methyl sites for hydroxylation is 2. The molecule has 18 heavy (non-hydrogen) atoms. The van der Waals surface area contributed by atoms with Gasteiger partial charge in [0.1, 0.15) is 0 Å². The summed E-state index contributed by atoms with van der Waals surface area (Å²) in [6.07, 6.45) is 5.62. The average molecular weight is 246 g/mol. The zero-order valence-corrected chi connectivity index (χ0v) is 11.0. The maximum absolute atomic E-state index is 5.09. The van der Waals surface area contributed by atoms with Crippen LogP contribution in [-0.2, 0) is 11.3 Å². The lowest BCUT2D eigenvalue weighted by atomic mass is 10.3. The van der Waals surface area contributed by atoms with Crippen molar-refractivity contribution in [2.75, 3.05) is 19.0 Å². The highest BCUT2D eigenvalue weighted by molar-refractivity contribution is 5.53. The first-order chi connectivity index (χ1) is 8.69. The van der Waals surface area contributed by atoms with Gasteiger partial charge >= 0.3 is 0 Å². The molecule has 0 aliphatic heterocycles. The number of hydrogen-bond donors (Lipinski definition) is 1. The molecule has 0 saturated carbocycles. The van der Waals surface area contributed by atoms with Gasteiger partial charge in [0.25, 0.3) is 0 Å². The Labute approximate surface area is 107 Å². The van der Waals surface area contributed by atoms with Crippen molar-refractivity contribution in [2.45, 2.75) is 20.4 Å². The molecule has 0 aliphatic rings. The zero-order chi connectivity index (χ0) is 13.0. The Morgan fingerprint density at radius 3 is 2.89 bits per heavy atom. The molecule has 0 radical (unpaired) electrons. The van der Waals surface area contributed by atoms with Gasteiger partial charge < -0.3 is 14.6 Å². The SMILES string of the molecule is COCCn1cc(C)nc1Nc1cncc(C)c1. The molecule has 2 aromatic heterocycles. The first-order valence-corrected chi connectivity index (χ1v) is 5.90. The van der Waals surface area contributed by atoms with Crippen LogP contribution in [0.1, 0.15) is 11.3 Å². The Balaban J connectivity index is 2.17. The molecule has 0 unspecified atom stereocenters. The van der Waals surface area contributed by atoms with Crippen molar-refractivity contribution >= 4 is 11.6 Å². The topological polar surface area (TPSA) is 52.0 Å². The maximum Gasteiger partial charge on any atom is 0.207 e. The Hall–Kier alpha value is -1.88. The molecule has 2 aromatic rings. The minimum atomic E-state index is 0.663. The van der Waals surface area contributed by atoms with Crippen LogP contribution < -0.4 is 5.32 Å². The Kier molecular flexibility index (Phi) is 3.94. The van der Waals surface area contributed by atoms with E-state index >= 15 is 0 Å². The van der Waals surface area contributed by atoms with Gasteiger partial charge in [-0.25, -0.2) is 4.98 Å². The van der Waals surface area contributed by atoms with Gasteiger partial charge in [0.15, 0.2) is 0 Å². The summed E-state index contributed by atoms with van der Waals surface area (Å²) in [7, 11) is 1.70. The number of imidazole rings is 1. The summed E-state index contributed by atoms with van der Waals surface area (Å²) in [4.78, 5) is 8.61. The summed E-state index contributed by atoms with van der Waals surface area (Å²) >= 11 is 0. The normalized spacial score (nSPS) is 10.6. The predicted octanol–water partition coefficient (Wildman–Crippen LogP) is 2.28. The van der Waals surface area contributed by atoms with E-state index in [-0.39, 0.29) is 0 Å². The summed E-state index contributed by atoms with van der Waals surface area (Å²) < 4.78 is 7.13. The van der Waals surface area contributed by atoms with Crippen molar-refractivity contribution in [1.29, 1.82) is 0 Å². The van der Waals surface area contributed by atoms with E-state index < -0.39 is 0 Å². The van der Waals surface area contributed by atoms with Gasteiger partial charge in [-0.1, -0.05) is 0 Å². The molecule has 2 heterocycles. The number of methoxy groups -OCH3 is 1. The molecule has 0 saturated heterocycles. The summed E-state index contributed by atoms with van der Waals surface area (Å²) in [6.45, 7) is 5.43. The molecule has 2 rings (SSSR count). The quantitative estimate of drug-likeness (QED) is 0.879. The van der Waals surface area contributed by atoms with Crippen molar-refractivity contribution < 1.29 is 4.74 Å². The van der Waals surface area contributed by atoms with Crippen LogP contribution in [0.25, 0.3) is 0 Å². The molecule has 0 atom stereocenters. The van der Waals surface area contributed by atoms with Crippen LogP contribution in [0, 0.1) is 13.8 Å². The van der Waals surface area contributed by atoms with E-state index in [1.165, 1.54) is 0 Å². The monoisotopic (exact) mass is 246 g/mol. The van der Waals surface area contributed by atoms with Crippen LogP contribution in [0.2, 0.25) is 0 Å². The van der Waals surface area contributed by atoms with Crippen molar-refractivity contribution in [3.63, 3.8) is 0 Å². The number of pyridine rings is 1. The van der Waals surface area contributed by atoms with Gasteiger partial charge in [0.2, 0.25) is 5.95 Å². The van der Waals surface area contributed by atoms with Gasteiger partial charge in [-0.3, -0.25) is 4.98 Å². The van der Waals surface area contributed by atoms with Gasteiger partial charge in [-0.05, 0) is 25.5 Å². The van der Waals surface area contributed by atoms with E-state index in [1.54, 1.807) is 13.3 Å². The number of nitrogens with one attached hydrogen (secondary N) is 1. The molecule has 1 N–H and O–H groups in total. The lowest BCUT2D eigenvalue weighted by Gasteiger charge is -2.09. The molecule has 0 spiro atoms. The van der Waals surface area contributed by atoms with Gasteiger partial charge in [-0.15, -0.1) is 0 Å². The molecule has 0 bridgehead atoms. The maximum atomic E-state index is 5.09. The zero-order valence-electron chi connectivity index (χ0n) is 11.0. The third-order valence-corrected chi connectivity index (χ3v) is 2.56. The second-order valence-corrected chi connectivity index (χ2v) is 4.27. The number of aromatic nitrogens is 3. The standard InChI is InChI=1S/C13H18N4O/c1-10-6-12(8-14-7-10)16-13-15-11(2)9-17(13)4-5-18-3/h6-9H,4-5H2,1-3H3,(H,15,16). The number of hydrogen-bond acceptors (Lipinski definition) is 4. The van der Waals surface area contributed by atoms with E-state index in [0.29, 0.717) is 6.61 Å². The molecule has 5 nitrogen and oxygen atoms in total. The molecule has 0 amide bonds. The Morgan fingerprint density at radius 1 is 1.33 bits per heavy atom. The second-order valence-electron chi connectivity index (χ2n) is 4.27. The highest BCUT2D eigenvalue weighted by atomic mass is 16.5. The molecule has 0 fully saturated rings. The fourth-order valence-electron chi connectivity index (χ4n) is 1.76. The van der Waals surface area contributed by atoms with E-state index in [2.05, 4.69) is 15.3 Å². The lowest BCUT2D eigenvalue weighted by molar-refractivity contribution is 0.188. The molecule has 96 valence electrons. The number of ether oxygens (including phenoxy) is 1. The van der Waals surface area contributed by atoms with E-state index in [0.717, 1.165) is 29.4 Å². The smallest absolute Gasteiger partial charge is 0.207 e. The van der Waals surface area contributed by atoms with Crippen LogP contribution >= 0.6 is 0 Å². The first-order valence-electron chi connectivity index (χ1n) is 5.90. The fourth-order valence-corrected chi connectivity index (χ4v) is 1.76. The highest BCUT2D eigenvalue weighted by Gasteiger charge is 2.05. The van der Waals surface area contributed by atoms with Crippen LogP contribution in [0.4, 0.5) is 11.6 Å². The number of anilines is 2. The van der Waals surface area contributed by atoms with Crippen molar-refractivity contribution in [3.8, 4) is 0 Å². The third-order valence-electron chi connectivity index (χ3n) is 2.56. The summed E-state index contributed by atoms with van der Waals surface area (Å²) in [5, 5.41) is 3.28. The van der Waals surface area contributed by atoms with Crippen LogP contribution in [0.5, 0.6) is 0 Å². The molecule has 5 heteroatoms. The van der Waals surface area contributed by atoms with Gasteiger partial charge in [0, 0.05) is 26.0 Å². The molecule has 0 aliphatic carbocycles. The number of nitrogens with zero attached hydrogens (tertiary/aromatic N) is 3.